The van der Waals surface area contributed by atoms with Crippen LogP contribution in [0.3, 0.4) is 0 Å². The topological polar surface area (TPSA) is 116 Å². The molecule has 0 aromatic carbocycles. The predicted molar refractivity (Wildman–Crippen MR) is 64.7 cm³/mol. The van der Waals surface area contributed by atoms with Crippen LogP contribution in [0, 0.1) is 0 Å². The lowest BCUT2D eigenvalue weighted by Gasteiger charge is -2.17. The van der Waals surface area contributed by atoms with Crippen molar-refractivity contribution >= 4 is 0 Å². The van der Waals surface area contributed by atoms with E-state index >= 15 is 0 Å². The number of likely N-dealkylation sites (N-methyl/N-ethyl adjacent to an activating group) is 1. The number of nitrogens with one attached hydrogen (secondary N) is 1. The fourth-order valence-electron chi connectivity index (χ4n) is 1.06. The Morgan fingerprint density at radius 2 is 1.35 bits per heavy atom. The molecule has 0 amide bonds. The summed E-state index contributed by atoms with van der Waals surface area (Å²) in [6, 6.07) is 0. The van der Waals surface area contributed by atoms with Gasteiger partial charge in [-0.15, -0.1) is 0 Å². The minimum Gasteiger partial charge on any atom is -0.395 e. The predicted octanol–water partition coefficient (Wildman–Crippen LogP) is -3.18. The van der Waals surface area contributed by atoms with Crippen molar-refractivity contribution in [3.63, 3.8) is 0 Å². The van der Waals surface area contributed by atoms with Crippen LogP contribution in [0.15, 0.2) is 0 Å². The third kappa shape index (κ3) is 15.7. The third-order valence-corrected chi connectivity index (χ3v) is 1.90. The molecule has 0 aliphatic rings. The van der Waals surface area contributed by atoms with Crippen LogP contribution in [0.5, 0.6) is 0 Å². The smallest absolute Gasteiger partial charge is 0.0894 e. The number of hydrogen-bond acceptors (Lipinski definition) is 7. The van der Waals surface area contributed by atoms with Crippen LogP contribution in [0.1, 0.15) is 0 Å². The van der Waals surface area contributed by atoms with Gasteiger partial charge in [-0.3, -0.25) is 4.90 Å². The Hall–Kier alpha value is -0.280. The molecule has 7 nitrogen and oxygen atoms in total. The first-order valence-electron chi connectivity index (χ1n) is 5.64. The van der Waals surface area contributed by atoms with Gasteiger partial charge in [0.05, 0.1) is 32.5 Å². The summed E-state index contributed by atoms with van der Waals surface area (Å²) in [6.07, 6.45) is -0.606. The largest absolute Gasteiger partial charge is 0.395 e. The van der Waals surface area contributed by atoms with Crippen LogP contribution in [0.4, 0.5) is 0 Å². The molecule has 0 radical (unpaired) electrons. The van der Waals surface area contributed by atoms with Crippen molar-refractivity contribution in [2.24, 2.45) is 0 Å². The number of hydrogen-bond donors (Lipinski definition) is 6. The van der Waals surface area contributed by atoms with Gasteiger partial charge in [0, 0.05) is 26.2 Å². The highest BCUT2D eigenvalue weighted by Gasteiger charge is 2.00. The van der Waals surface area contributed by atoms with Gasteiger partial charge >= 0.3 is 0 Å². The molecule has 7 heteroatoms. The van der Waals surface area contributed by atoms with Crippen LogP contribution < -0.4 is 5.32 Å². The molecule has 0 spiro atoms. The maximum atomic E-state index is 8.55. The van der Waals surface area contributed by atoms with Gasteiger partial charge in [-0.05, 0) is 7.05 Å². The van der Waals surface area contributed by atoms with E-state index in [4.69, 9.17) is 25.5 Å². The van der Waals surface area contributed by atoms with Crippen LogP contribution in [-0.2, 0) is 0 Å². The number of aliphatic hydroxyl groups excluding tert-OH is 5. The fourth-order valence-corrected chi connectivity index (χ4v) is 1.06. The summed E-state index contributed by atoms with van der Waals surface area (Å²) in [7, 11) is 1.72. The molecule has 6 N–H and O–H groups in total. The molecule has 0 aliphatic carbocycles. The van der Waals surface area contributed by atoms with E-state index in [1.165, 1.54) is 0 Å². The molecule has 17 heavy (non-hydrogen) atoms. The zero-order valence-corrected chi connectivity index (χ0v) is 10.4. The second-order valence-corrected chi connectivity index (χ2v) is 3.41. The van der Waals surface area contributed by atoms with E-state index in [9.17, 15) is 0 Å². The highest BCUT2D eigenvalue weighted by atomic mass is 16.3. The molecule has 0 fully saturated rings. The lowest BCUT2D eigenvalue weighted by molar-refractivity contribution is 0.0961. The quantitative estimate of drug-likeness (QED) is 0.257. The van der Waals surface area contributed by atoms with Gasteiger partial charge in [0.15, 0.2) is 0 Å². The molecular weight excluding hydrogens is 228 g/mol. The third-order valence-electron chi connectivity index (χ3n) is 1.90. The Kier molecular flexibility index (Phi) is 17.6. The van der Waals surface area contributed by atoms with E-state index in [0.29, 0.717) is 26.2 Å². The standard InChI is InChI=1S/C6H15NO3.C4H11NO2/c8-4-1-7(2-5-9)3-6-10;1-5-2-4(7)3-6/h8-10H,1-6H2;4-7H,2-3H2,1H3. The van der Waals surface area contributed by atoms with Crippen molar-refractivity contribution in [1.29, 1.82) is 0 Å². The van der Waals surface area contributed by atoms with Gasteiger partial charge in [0.2, 0.25) is 0 Å². The number of aliphatic hydroxyl groups is 5. The van der Waals surface area contributed by atoms with Crippen molar-refractivity contribution in [2.45, 2.75) is 6.10 Å². The minimum absolute atomic E-state index is 0.0694. The van der Waals surface area contributed by atoms with Crippen molar-refractivity contribution < 1.29 is 25.5 Å². The fraction of sp³-hybridized carbons (Fsp3) is 1.00. The second-order valence-electron chi connectivity index (χ2n) is 3.41. The average molecular weight is 254 g/mol. The molecule has 0 saturated carbocycles. The molecule has 0 aromatic rings. The highest BCUT2D eigenvalue weighted by molar-refractivity contribution is 4.54. The van der Waals surface area contributed by atoms with Crippen LogP contribution in [0.2, 0.25) is 0 Å². The van der Waals surface area contributed by atoms with Crippen molar-refractivity contribution in [3.05, 3.63) is 0 Å². The summed E-state index contributed by atoms with van der Waals surface area (Å²) >= 11 is 0. The molecule has 0 heterocycles. The summed E-state index contributed by atoms with van der Waals surface area (Å²) in [5, 5.41) is 44.9. The van der Waals surface area contributed by atoms with Gasteiger partial charge in [-0.25, -0.2) is 0 Å². The van der Waals surface area contributed by atoms with Gasteiger partial charge in [0.25, 0.3) is 0 Å². The maximum absolute atomic E-state index is 8.55. The lowest BCUT2D eigenvalue weighted by Crippen LogP contribution is -2.32. The molecule has 1 unspecified atom stereocenters. The molecular formula is C10H26N2O5. The summed E-state index contributed by atoms with van der Waals surface area (Å²) < 4.78 is 0. The first kappa shape index (κ1) is 19.1. The van der Waals surface area contributed by atoms with Crippen molar-refractivity contribution in [1.82, 2.24) is 10.2 Å². The van der Waals surface area contributed by atoms with Crippen LogP contribution in [-0.4, -0.2) is 96.2 Å². The summed E-state index contributed by atoms with van der Waals surface area (Å²) in [5.74, 6) is 0. The molecule has 1 atom stereocenters. The Balaban J connectivity index is 0. The Morgan fingerprint density at radius 1 is 0.941 bits per heavy atom. The number of nitrogens with zero attached hydrogens (tertiary/aromatic N) is 1. The summed E-state index contributed by atoms with van der Waals surface area (Å²) in [5.41, 5.74) is 0. The minimum atomic E-state index is -0.606. The zero-order chi connectivity index (χ0) is 13.5. The van der Waals surface area contributed by atoms with Crippen molar-refractivity contribution in [2.75, 3.05) is 59.7 Å². The molecule has 0 bridgehead atoms. The molecule has 0 aliphatic heterocycles. The monoisotopic (exact) mass is 254 g/mol. The summed E-state index contributed by atoms with van der Waals surface area (Å²) in [4.78, 5) is 1.79. The maximum Gasteiger partial charge on any atom is 0.0894 e. The van der Waals surface area contributed by atoms with E-state index in [1.54, 1.807) is 11.9 Å². The second kappa shape index (κ2) is 15.7. The Labute approximate surface area is 102 Å². The highest BCUT2D eigenvalue weighted by Crippen LogP contribution is 1.84. The van der Waals surface area contributed by atoms with Crippen LogP contribution >= 0.6 is 0 Å². The van der Waals surface area contributed by atoms with E-state index in [1.807, 2.05) is 0 Å². The van der Waals surface area contributed by atoms with E-state index in [2.05, 4.69) is 5.32 Å². The Morgan fingerprint density at radius 3 is 1.53 bits per heavy atom. The molecule has 0 aromatic heterocycles. The first-order valence-corrected chi connectivity index (χ1v) is 5.64. The van der Waals surface area contributed by atoms with Gasteiger partial charge in [-0.1, -0.05) is 0 Å². The SMILES string of the molecule is CNCC(O)CO.OCCN(CCO)CCO. The molecule has 0 rings (SSSR count). The molecule has 106 valence electrons. The average Bonchev–Trinajstić information content (AvgIpc) is 2.31. The zero-order valence-electron chi connectivity index (χ0n) is 10.4. The summed E-state index contributed by atoms with van der Waals surface area (Å²) in [6.45, 7) is 2.04. The van der Waals surface area contributed by atoms with E-state index in [0.717, 1.165) is 0 Å². The van der Waals surface area contributed by atoms with Gasteiger partial charge < -0.3 is 30.8 Å². The normalized spacial score (nSPS) is 12.2. The lowest BCUT2D eigenvalue weighted by atomic mass is 10.4. The Bertz CT molecular complexity index is 126. The van der Waals surface area contributed by atoms with Gasteiger partial charge in [-0.2, -0.15) is 0 Å². The molecule has 0 saturated heterocycles. The van der Waals surface area contributed by atoms with E-state index in [-0.39, 0.29) is 26.4 Å². The first-order chi connectivity index (χ1) is 8.15. The van der Waals surface area contributed by atoms with Crippen molar-refractivity contribution in [3.8, 4) is 0 Å². The number of rotatable bonds is 9. The van der Waals surface area contributed by atoms with Gasteiger partial charge in [0.1, 0.15) is 0 Å². The van der Waals surface area contributed by atoms with Crippen LogP contribution in [0.25, 0.3) is 0 Å². The van der Waals surface area contributed by atoms with E-state index < -0.39 is 6.10 Å².